The van der Waals surface area contributed by atoms with Gasteiger partial charge in [-0.1, -0.05) is 42.1 Å². The van der Waals surface area contributed by atoms with Gasteiger partial charge in [-0.2, -0.15) is 0 Å². The van der Waals surface area contributed by atoms with Gasteiger partial charge in [0.1, 0.15) is 11.1 Å². The van der Waals surface area contributed by atoms with Gasteiger partial charge >= 0.3 is 6.03 Å². The van der Waals surface area contributed by atoms with Gasteiger partial charge in [0.25, 0.3) is 0 Å². The maximum Gasteiger partial charge on any atom is 0.321 e. The summed E-state index contributed by atoms with van der Waals surface area (Å²) in [6, 6.07) is 8.76. The molecule has 0 saturated heterocycles. The van der Waals surface area contributed by atoms with Crippen LogP contribution < -0.4 is 10.6 Å². The van der Waals surface area contributed by atoms with Crippen molar-refractivity contribution in [3.63, 3.8) is 0 Å². The summed E-state index contributed by atoms with van der Waals surface area (Å²) in [5, 5.41) is 13.0. The lowest BCUT2D eigenvalue weighted by Crippen LogP contribution is -2.41. The first kappa shape index (κ1) is 17.0. The number of benzene rings is 1. The van der Waals surface area contributed by atoms with Crippen molar-refractivity contribution in [1.29, 1.82) is 0 Å². The number of hydrogen-bond acceptors (Lipinski definition) is 5. The number of carbonyl (C=O) groups excluding carboxylic acids is 2. The van der Waals surface area contributed by atoms with Gasteiger partial charge in [0.05, 0.1) is 0 Å². The number of nitrogens with one attached hydrogen (secondary N) is 2. The Balaban J connectivity index is 2.23. The second-order valence-corrected chi connectivity index (χ2v) is 5.92. The molecule has 0 radical (unpaired) electrons. The van der Waals surface area contributed by atoms with Gasteiger partial charge in [-0.3, -0.25) is 10.1 Å². The first-order valence-corrected chi connectivity index (χ1v) is 8.07. The van der Waals surface area contributed by atoms with E-state index in [0.717, 1.165) is 11.4 Å². The predicted octanol–water partition coefficient (Wildman–Crippen LogP) is 1.80. The zero-order valence-corrected chi connectivity index (χ0v) is 14.1. The second kappa shape index (κ2) is 7.77. The SMILES string of the molecule is CCNC(=O)NC(=O)[C@@H](Sc1nnc(C)n1C)c1ccccc1. The minimum Gasteiger partial charge on any atom is -0.338 e. The van der Waals surface area contributed by atoms with Gasteiger partial charge in [0, 0.05) is 13.6 Å². The number of nitrogens with zero attached hydrogens (tertiary/aromatic N) is 3. The first-order valence-electron chi connectivity index (χ1n) is 7.19. The summed E-state index contributed by atoms with van der Waals surface area (Å²) >= 11 is 1.25. The lowest BCUT2D eigenvalue weighted by molar-refractivity contribution is -0.119. The maximum absolute atomic E-state index is 12.5. The number of hydrogen-bond donors (Lipinski definition) is 2. The van der Waals surface area contributed by atoms with E-state index in [0.29, 0.717) is 11.7 Å². The fraction of sp³-hybridized carbons (Fsp3) is 0.333. The molecule has 3 amide bonds. The van der Waals surface area contributed by atoms with Gasteiger partial charge in [-0.05, 0) is 19.4 Å². The normalized spacial score (nSPS) is 11.8. The van der Waals surface area contributed by atoms with E-state index in [1.165, 1.54) is 11.8 Å². The van der Waals surface area contributed by atoms with Crippen molar-refractivity contribution in [2.75, 3.05) is 6.54 Å². The van der Waals surface area contributed by atoms with Crippen molar-refractivity contribution in [3.05, 3.63) is 41.7 Å². The number of rotatable bonds is 5. The molecule has 0 saturated carbocycles. The molecule has 7 nitrogen and oxygen atoms in total. The fourth-order valence-corrected chi connectivity index (χ4v) is 2.93. The number of aryl methyl sites for hydroxylation is 1. The number of urea groups is 1. The van der Waals surface area contributed by atoms with E-state index in [2.05, 4.69) is 20.8 Å². The predicted molar refractivity (Wildman–Crippen MR) is 88.0 cm³/mol. The molecule has 1 aromatic carbocycles. The molecule has 1 atom stereocenters. The molecule has 1 aromatic heterocycles. The fourth-order valence-electron chi connectivity index (χ4n) is 1.88. The molecule has 2 aromatic rings. The van der Waals surface area contributed by atoms with Crippen LogP contribution in [-0.4, -0.2) is 33.2 Å². The summed E-state index contributed by atoms with van der Waals surface area (Å²) < 4.78 is 1.81. The van der Waals surface area contributed by atoms with E-state index in [4.69, 9.17) is 0 Å². The highest BCUT2D eigenvalue weighted by molar-refractivity contribution is 8.00. The summed E-state index contributed by atoms with van der Waals surface area (Å²) in [6.07, 6.45) is 0. The minimum atomic E-state index is -0.596. The highest BCUT2D eigenvalue weighted by atomic mass is 32.2. The average Bonchev–Trinajstić information content (AvgIpc) is 2.85. The smallest absolute Gasteiger partial charge is 0.321 e. The van der Waals surface area contributed by atoms with E-state index >= 15 is 0 Å². The van der Waals surface area contributed by atoms with Crippen LogP contribution in [-0.2, 0) is 11.8 Å². The van der Waals surface area contributed by atoms with Crippen LogP contribution in [0.5, 0.6) is 0 Å². The van der Waals surface area contributed by atoms with Crippen LogP contribution in [0.1, 0.15) is 23.6 Å². The van der Waals surface area contributed by atoms with E-state index in [-0.39, 0.29) is 0 Å². The number of thioether (sulfide) groups is 1. The van der Waals surface area contributed by atoms with Gasteiger partial charge in [0.2, 0.25) is 5.91 Å². The monoisotopic (exact) mass is 333 g/mol. The third kappa shape index (κ3) is 4.32. The maximum atomic E-state index is 12.5. The molecule has 0 aliphatic rings. The molecular weight excluding hydrogens is 314 g/mol. The van der Waals surface area contributed by atoms with Gasteiger partial charge < -0.3 is 9.88 Å². The van der Waals surface area contributed by atoms with Crippen LogP contribution in [0.4, 0.5) is 4.79 Å². The van der Waals surface area contributed by atoms with Crippen LogP contribution in [0, 0.1) is 6.92 Å². The second-order valence-electron chi connectivity index (χ2n) is 4.85. The minimum absolute atomic E-state index is 0.396. The Bertz CT molecular complexity index is 686. The number of amides is 3. The van der Waals surface area contributed by atoms with E-state index < -0.39 is 17.2 Å². The Kier molecular flexibility index (Phi) is 5.75. The van der Waals surface area contributed by atoms with Gasteiger partial charge in [-0.15, -0.1) is 10.2 Å². The molecule has 2 N–H and O–H groups in total. The highest BCUT2D eigenvalue weighted by Crippen LogP contribution is 2.34. The summed E-state index contributed by atoms with van der Waals surface area (Å²) in [4.78, 5) is 24.1. The van der Waals surface area contributed by atoms with Crippen LogP contribution in [0.25, 0.3) is 0 Å². The molecule has 0 spiro atoms. The molecular formula is C15H19N5O2S. The number of carbonyl (C=O) groups is 2. The zero-order valence-electron chi connectivity index (χ0n) is 13.2. The van der Waals surface area contributed by atoms with Crippen molar-refractivity contribution in [2.45, 2.75) is 24.3 Å². The lowest BCUT2D eigenvalue weighted by atomic mass is 10.1. The third-order valence-electron chi connectivity index (χ3n) is 3.19. The summed E-state index contributed by atoms with van der Waals surface area (Å²) in [5.74, 6) is 0.358. The Morgan fingerprint density at radius 3 is 2.52 bits per heavy atom. The average molecular weight is 333 g/mol. The van der Waals surface area contributed by atoms with Crippen LogP contribution in [0.3, 0.4) is 0 Å². The molecule has 122 valence electrons. The zero-order chi connectivity index (χ0) is 16.8. The molecule has 0 bridgehead atoms. The van der Waals surface area contributed by atoms with Crippen LogP contribution in [0.15, 0.2) is 35.5 Å². The van der Waals surface area contributed by atoms with E-state index in [1.54, 1.807) is 11.5 Å². The van der Waals surface area contributed by atoms with Crippen molar-refractivity contribution in [2.24, 2.45) is 7.05 Å². The molecule has 1 heterocycles. The standard InChI is InChI=1S/C15H19N5O2S/c1-4-16-14(22)17-13(21)12(11-8-6-5-7-9-11)23-15-19-18-10(2)20(15)3/h5-9,12H,4H2,1-3H3,(H2,16,17,21,22)/t12-/m0/s1. The largest absolute Gasteiger partial charge is 0.338 e. The van der Waals surface area contributed by atoms with E-state index in [1.807, 2.05) is 44.3 Å². The van der Waals surface area contributed by atoms with Crippen molar-refractivity contribution in [3.8, 4) is 0 Å². The Hall–Kier alpha value is -2.35. The number of imide groups is 1. The highest BCUT2D eigenvalue weighted by Gasteiger charge is 2.25. The van der Waals surface area contributed by atoms with Crippen LogP contribution >= 0.6 is 11.8 Å². The third-order valence-corrected chi connectivity index (χ3v) is 4.48. The first-order chi connectivity index (χ1) is 11.0. The molecule has 0 unspecified atom stereocenters. The topological polar surface area (TPSA) is 88.9 Å². The van der Waals surface area contributed by atoms with Crippen molar-refractivity contribution < 1.29 is 9.59 Å². The Labute approximate surface area is 138 Å². The molecule has 0 aliphatic carbocycles. The Morgan fingerprint density at radius 2 is 1.96 bits per heavy atom. The summed E-state index contributed by atoms with van der Waals surface area (Å²) in [5.41, 5.74) is 0.792. The van der Waals surface area contributed by atoms with Crippen molar-refractivity contribution >= 4 is 23.7 Å². The van der Waals surface area contributed by atoms with Gasteiger partial charge in [-0.25, -0.2) is 4.79 Å². The summed E-state index contributed by atoms with van der Waals surface area (Å²) in [7, 11) is 1.83. The van der Waals surface area contributed by atoms with E-state index in [9.17, 15) is 9.59 Å². The molecule has 0 aliphatic heterocycles. The molecule has 2 rings (SSSR count). The van der Waals surface area contributed by atoms with Gasteiger partial charge in [0.15, 0.2) is 5.16 Å². The quantitative estimate of drug-likeness (QED) is 0.815. The molecule has 0 fully saturated rings. The van der Waals surface area contributed by atoms with Crippen LogP contribution in [0.2, 0.25) is 0 Å². The molecule has 23 heavy (non-hydrogen) atoms. The lowest BCUT2D eigenvalue weighted by Gasteiger charge is -2.16. The van der Waals surface area contributed by atoms with Crippen molar-refractivity contribution in [1.82, 2.24) is 25.4 Å². The number of aromatic nitrogens is 3. The Morgan fingerprint density at radius 1 is 1.26 bits per heavy atom. The summed E-state index contributed by atoms with van der Waals surface area (Å²) in [6.45, 7) is 4.07. The molecule has 8 heteroatoms.